The third kappa shape index (κ3) is 17.7. The smallest absolute Gasteiger partial charge is 0.410 e. The number of hydrogen-bond donors (Lipinski definition) is 0. The average molecular weight is 393 g/mol. The van der Waals surface area contributed by atoms with Crippen LogP contribution in [0.2, 0.25) is 0 Å². The first-order valence-electron chi connectivity index (χ1n) is 9.08. The summed E-state index contributed by atoms with van der Waals surface area (Å²) in [6.07, 6.45) is -0.124. The van der Waals surface area contributed by atoms with Crippen LogP contribution in [0.15, 0.2) is 0 Å². The molecule has 0 radical (unpaired) electrons. The molecule has 0 aliphatic carbocycles. The molecule has 9 nitrogen and oxygen atoms in total. The quantitative estimate of drug-likeness (QED) is 0.305. The Morgan fingerprint density at radius 1 is 0.778 bits per heavy atom. The summed E-state index contributed by atoms with van der Waals surface area (Å²) in [7, 11) is 3.02. The number of carbonyl (C=O) groups excluding carboxylic acids is 2. The largest absolute Gasteiger partial charge is 0.469 e. The highest BCUT2D eigenvalue weighted by Gasteiger charge is 2.19. The number of nitrogens with zero attached hydrogens (tertiary/aromatic N) is 1. The van der Waals surface area contributed by atoms with Crippen LogP contribution >= 0.6 is 0 Å². The van der Waals surface area contributed by atoms with E-state index in [0.29, 0.717) is 59.4 Å². The molecule has 0 rings (SSSR count). The van der Waals surface area contributed by atoms with Crippen molar-refractivity contribution in [3.63, 3.8) is 0 Å². The fourth-order valence-corrected chi connectivity index (χ4v) is 1.65. The van der Waals surface area contributed by atoms with Gasteiger partial charge in [0.25, 0.3) is 0 Å². The lowest BCUT2D eigenvalue weighted by Crippen LogP contribution is -2.36. The molecule has 0 heterocycles. The van der Waals surface area contributed by atoms with Gasteiger partial charge in [-0.1, -0.05) is 0 Å². The van der Waals surface area contributed by atoms with Crippen molar-refractivity contribution in [1.82, 2.24) is 4.90 Å². The molecule has 27 heavy (non-hydrogen) atoms. The van der Waals surface area contributed by atoms with Gasteiger partial charge in [0.15, 0.2) is 0 Å². The van der Waals surface area contributed by atoms with Gasteiger partial charge in [-0.15, -0.1) is 0 Å². The number of hydrogen-bond acceptors (Lipinski definition) is 8. The summed E-state index contributed by atoms with van der Waals surface area (Å²) in [5.41, 5.74) is -0.503. The monoisotopic (exact) mass is 393 g/mol. The van der Waals surface area contributed by atoms with E-state index in [-0.39, 0.29) is 18.5 Å². The lowest BCUT2D eigenvalue weighted by atomic mass is 10.2. The molecule has 160 valence electrons. The van der Waals surface area contributed by atoms with Crippen LogP contribution in [-0.4, -0.2) is 96.1 Å². The first-order chi connectivity index (χ1) is 12.8. The predicted octanol–water partition coefficient (Wildman–Crippen LogP) is 1.48. The predicted molar refractivity (Wildman–Crippen MR) is 98.8 cm³/mol. The van der Waals surface area contributed by atoms with Crippen LogP contribution in [0.4, 0.5) is 4.79 Å². The molecular weight excluding hydrogens is 358 g/mol. The van der Waals surface area contributed by atoms with Crippen molar-refractivity contribution < 1.29 is 38.0 Å². The number of esters is 1. The molecule has 0 aliphatic rings. The maximum absolute atomic E-state index is 11.7. The van der Waals surface area contributed by atoms with E-state index in [0.717, 1.165) is 0 Å². The third-order valence-electron chi connectivity index (χ3n) is 3.07. The number of ether oxygens (including phenoxy) is 6. The molecule has 0 bridgehead atoms. The molecule has 0 saturated carbocycles. The maximum atomic E-state index is 11.7. The first-order valence-corrected chi connectivity index (χ1v) is 9.08. The van der Waals surface area contributed by atoms with Gasteiger partial charge < -0.3 is 33.3 Å². The molecule has 0 aromatic heterocycles. The van der Waals surface area contributed by atoms with Crippen molar-refractivity contribution in [2.24, 2.45) is 0 Å². The Hall–Kier alpha value is -1.42. The van der Waals surface area contributed by atoms with Gasteiger partial charge in [0, 0.05) is 13.6 Å². The molecule has 0 aromatic rings. The molecule has 0 N–H and O–H groups in total. The molecule has 1 amide bonds. The van der Waals surface area contributed by atoms with E-state index in [2.05, 4.69) is 4.74 Å². The fraction of sp³-hybridized carbons (Fsp3) is 0.889. The maximum Gasteiger partial charge on any atom is 0.410 e. The summed E-state index contributed by atoms with van der Waals surface area (Å²) < 4.78 is 31.1. The van der Waals surface area contributed by atoms with Crippen molar-refractivity contribution in [2.75, 3.05) is 73.6 Å². The van der Waals surface area contributed by atoms with Gasteiger partial charge in [0.05, 0.1) is 66.4 Å². The van der Waals surface area contributed by atoms with E-state index in [1.54, 1.807) is 7.05 Å². The topological polar surface area (TPSA) is 92.8 Å². The van der Waals surface area contributed by atoms with E-state index in [1.807, 2.05) is 20.8 Å². The molecule has 0 atom stereocenters. The Balaban J connectivity index is 3.31. The zero-order chi connectivity index (χ0) is 20.5. The van der Waals surface area contributed by atoms with Crippen molar-refractivity contribution in [3.05, 3.63) is 0 Å². The van der Waals surface area contributed by atoms with E-state index in [9.17, 15) is 9.59 Å². The van der Waals surface area contributed by atoms with Gasteiger partial charge in [-0.25, -0.2) is 4.79 Å². The van der Waals surface area contributed by atoms with Crippen LogP contribution in [0.3, 0.4) is 0 Å². The van der Waals surface area contributed by atoms with Crippen LogP contribution in [0, 0.1) is 0 Å². The van der Waals surface area contributed by atoms with Gasteiger partial charge in [-0.05, 0) is 20.8 Å². The SMILES string of the molecule is COC(=O)CCOCCOCCOCCOCCN(C)C(=O)OC(C)(C)C. The second-order valence-electron chi connectivity index (χ2n) is 6.68. The zero-order valence-electron chi connectivity index (χ0n) is 17.3. The third-order valence-corrected chi connectivity index (χ3v) is 3.07. The van der Waals surface area contributed by atoms with Crippen LogP contribution in [0.1, 0.15) is 27.2 Å². The van der Waals surface area contributed by atoms with Gasteiger partial charge in [0.1, 0.15) is 5.60 Å². The second kappa shape index (κ2) is 15.6. The minimum Gasteiger partial charge on any atom is -0.469 e. The minimum absolute atomic E-state index is 0.243. The Morgan fingerprint density at radius 2 is 1.22 bits per heavy atom. The highest BCUT2D eigenvalue weighted by atomic mass is 16.6. The van der Waals surface area contributed by atoms with Gasteiger partial charge in [0.2, 0.25) is 0 Å². The fourth-order valence-electron chi connectivity index (χ4n) is 1.65. The number of carbonyl (C=O) groups is 2. The van der Waals surface area contributed by atoms with E-state index in [4.69, 9.17) is 23.7 Å². The standard InChI is InChI=1S/C18H35NO8/c1-18(2,3)27-17(21)19(4)7-9-24-11-13-26-15-14-25-12-10-23-8-6-16(20)22-5/h6-15H2,1-5H3. The summed E-state index contributed by atoms with van der Waals surface area (Å²) in [4.78, 5) is 24.1. The van der Waals surface area contributed by atoms with E-state index in [1.165, 1.54) is 12.0 Å². The van der Waals surface area contributed by atoms with Gasteiger partial charge in [-0.2, -0.15) is 0 Å². The summed E-state index contributed by atoms with van der Waals surface area (Å²) >= 11 is 0. The van der Waals surface area contributed by atoms with Gasteiger partial charge in [-0.3, -0.25) is 4.79 Å². The second-order valence-corrected chi connectivity index (χ2v) is 6.68. The number of rotatable bonds is 15. The van der Waals surface area contributed by atoms with Crippen molar-refractivity contribution in [3.8, 4) is 0 Å². The molecule has 9 heteroatoms. The Labute approximate surface area is 162 Å². The summed E-state index contributed by atoms with van der Waals surface area (Å²) in [5, 5.41) is 0. The lowest BCUT2D eigenvalue weighted by Gasteiger charge is -2.24. The molecule has 0 aliphatic heterocycles. The highest BCUT2D eigenvalue weighted by molar-refractivity contribution is 5.69. The first kappa shape index (κ1) is 25.6. The normalized spacial score (nSPS) is 11.3. The van der Waals surface area contributed by atoms with Crippen molar-refractivity contribution in [2.45, 2.75) is 32.8 Å². The number of amides is 1. The number of likely N-dealkylation sites (N-methyl/N-ethyl adjacent to an activating group) is 1. The van der Waals surface area contributed by atoms with Crippen LogP contribution in [0.25, 0.3) is 0 Å². The van der Waals surface area contributed by atoms with Crippen LogP contribution < -0.4 is 0 Å². The van der Waals surface area contributed by atoms with E-state index < -0.39 is 5.60 Å². The summed E-state index contributed by atoms with van der Waals surface area (Å²) in [5.74, 6) is -0.289. The Kier molecular flexibility index (Phi) is 14.8. The Bertz CT molecular complexity index is 397. The minimum atomic E-state index is -0.503. The van der Waals surface area contributed by atoms with Crippen LogP contribution in [0.5, 0.6) is 0 Å². The molecule has 0 spiro atoms. The van der Waals surface area contributed by atoms with Crippen molar-refractivity contribution in [1.29, 1.82) is 0 Å². The molecular formula is C18H35NO8. The van der Waals surface area contributed by atoms with E-state index >= 15 is 0 Å². The molecule has 0 fully saturated rings. The Morgan fingerprint density at radius 3 is 1.67 bits per heavy atom. The lowest BCUT2D eigenvalue weighted by molar-refractivity contribution is -0.141. The highest BCUT2D eigenvalue weighted by Crippen LogP contribution is 2.08. The summed E-state index contributed by atoms with van der Waals surface area (Å²) in [6.45, 7) is 9.36. The molecule has 0 saturated heterocycles. The van der Waals surface area contributed by atoms with Gasteiger partial charge >= 0.3 is 12.1 Å². The zero-order valence-corrected chi connectivity index (χ0v) is 17.3. The molecule has 0 aromatic carbocycles. The molecule has 0 unspecified atom stereocenters. The van der Waals surface area contributed by atoms with Crippen LogP contribution in [-0.2, 0) is 33.2 Å². The summed E-state index contributed by atoms with van der Waals surface area (Å²) in [6, 6.07) is 0. The average Bonchev–Trinajstić information content (AvgIpc) is 2.59. The van der Waals surface area contributed by atoms with Crippen molar-refractivity contribution >= 4 is 12.1 Å². The number of methoxy groups -OCH3 is 1.